The third kappa shape index (κ3) is 7.25. The van der Waals surface area contributed by atoms with Crippen molar-refractivity contribution in [1.29, 1.82) is 0 Å². The van der Waals surface area contributed by atoms with E-state index in [0.717, 1.165) is 0 Å². The minimum Gasteiger partial charge on any atom is -0.496 e. The monoisotopic (exact) mass is 552 g/mol. The first-order chi connectivity index (χ1) is 19.1. The molecule has 0 radical (unpaired) electrons. The molecule has 0 aliphatic carbocycles. The van der Waals surface area contributed by atoms with Crippen molar-refractivity contribution in [2.24, 2.45) is 0 Å². The molecule has 0 saturated heterocycles. The van der Waals surface area contributed by atoms with E-state index in [2.05, 4.69) is 30.1 Å². The number of pyridine rings is 2. The molecule has 0 unspecified atom stereocenters. The largest absolute Gasteiger partial charge is 0.573 e. The zero-order valence-electron chi connectivity index (χ0n) is 21.3. The van der Waals surface area contributed by atoms with E-state index in [1.165, 1.54) is 50.9 Å². The molecule has 1 amide bonds. The first-order valence-corrected chi connectivity index (χ1v) is 11.7. The zero-order chi connectivity index (χ0) is 28.7. The molecule has 4 aromatic rings. The Hall–Kier alpha value is -5.13. The van der Waals surface area contributed by atoms with Crippen LogP contribution in [0.25, 0.3) is 11.1 Å². The first-order valence-electron chi connectivity index (χ1n) is 11.7. The molecule has 9 nitrogen and oxygen atoms in total. The van der Waals surface area contributed by atoms with Crippen LogP contribution < -0.4 is 20.1 Å². The maximum Gasteiger partial charge on any atom is 0.573 e. The maximum atomic E-state index is 13.1. The van der Waals surface area contributed by atoms with Gasteiger partial charge in [-0.15, -0.1) is 13.2 Å². The lowest BCUT2D eigenvalue weighted by Crippen LogP contribution is -2.17. The number of hydrogen-bond acceptors (Lipinski definition) is 8. The molecule has 0 bridgehead atoms. The molecular weight excluding hydrogens is 529 g/mol. The lowest BCUT2D eigenvalue weighted by atomic mass is 10.0. The quantitative estimate of drug-likeness (QED) is 0.254. The SMILES string of the molecule is COC(=O)c1cncc(NC(=O)c2cc(-c3ccc(NCc4cccc(OC(F)(F)F)c4)nc3)ccc2OC)c1. The third-order valence-electron chi connectivity index (χ3n) is 5.56. The Morgan fingerprint density at radius 2 is 1.73 bits per heavy atom. The van der Waals surface area contributed by atoms with Crippen molar-refractivity contribution in [3.05, 3.63) is 95.9 Å². The van der Waals surface area contributed by atoms with Gasteiger partial charge in [-0.3, -0.25) is 9.78 Å². The normalized spacial score (nSPS) is 10.9. The highest BCUT2D eigenvalue weighted by Gasteiger charge is 2.31. The van der Waals surface area contributed by atoms with Crippen molar-refractivity contribution in [2.45, 2.75) is 12.9 Å². The van der Waals surface area contributed by atoms with Crippen LogP contribution in [0.15, 0.2) is 79.3 Å². The average Bonchev–Trinajstić information content (AvgIpc) is 2.95. The summed E-state index contributed by atoms with van der Waals surface area (Å²) in [6.45, 7) is 0.223. The van der Waals surface area contributed by atoms with Gasteiger partial charge in [-0.1, -0.05) is 18.2 Å². The molecular formula is C28H23F3N4O5. The number of nitrogens with one attached hydrogen (secondary N) is 2. The Kier molecular flexibility index (Phi) is 8.48. The van der Waals surface area contributed by atoms with Crippen molar-refractivity contribution in [3.63, 3.8) is 0 Å². The van der Waals surface area contributed by atoms with Gasteiger partial charge in [0.05, 0.1) is 37.2 Å². The number of carbonyl (C=O) groups excluding carboxylic acids is 2. The highest BCUT2D eigenvalue weighted by molar-refractivity contribution is 6.07. The fraction of sp³-hybridized carbons (Fsp3) is 0.143. The van der Waals surface area contributed by atoms with Crippen molar-refractivity contribution in [1.82, 2.24) is 9.97 Å². The minimum absolute atomic E-state index is 0.183. The molecule has 2 heterocycles. The highest BCUT2D eigenvalue weighted by Crippen LogP contribution is 2.28. The number of nitrogens with zero attached hydrogens (tertiary/aromatic N) is 2. The van der Waals surface area contributed by atoms with Crippen LogP contribution in [-0.4, -0.2) is 42.4 Å². The molecule has 0 spiro atoms. The maximum absolute atomic E-state index is 13.1. The molecule has 12 heteroatoms. The number of esters is 1. The molecule has 2 aromatic carbocycles. The summed E-state index contributed by atoms with van der Waals surface area (Å²) >= 11 is 0. The van der Waals surface area contributed by atoms with Crippen LogP contribution in [-0.2, 0) is 11.3 Å². The van der Waals surface area contributed by atoms with Gasteiger partial charge < -0.3 is 24.8 Å². The van der Waals surface area contributed by atoms with Gasteiger partial charge in [0.15, 0.2) is 0 Å². The number of alkyl halides is 3. The summed E-state index contributed by atoms with van der Waals surface area (Å²) in [4.78, 5) is 33.2. The van der Waals surface area contributed by atoms with Gasteiger partial charge in [-0.05, 0) is 53.6 Å². The predicted octanol–water partition coefficient (Wildman–Crippen LogP) is 5.70. The standard InChI is InChI=1S/C28H23F3N4O5/c1-38-24-8-6-18(12-23(24)26(36)35-21-11-20(14-32-16-21)27(37)39-2)19-7-9-25(34-15-19)33-13-17-4-3-5-22(10-17)40-28(29,30)31/h3-12,14-16H,13H2,1-2H3,(H,33,34)(H,35,36). The molecule has 4 rings (SSSR count). The molecule has 2 N–H and O–H groups in total. The van der Waals surface area contributed by atoms with E-state index >= 15 is 0 Å². The number of rotatable bonds is 9. The number of methoxy groups -OCH3 is 2. The first kappa shape index (κ1) is 27.9. The fourth-order valence-corrected chi connectivity index (χ4v) is 3.72. The van der Waals surface area contributed by atoms with Crippen LogP contribution in [0.5, 0.6) is 11.5 Å². The zero-order valence-corrected chi connectivity index (χ0v) is 21.3. The van der Waals surface area contributed by atoms with E-state index < -0.39 is 18.2 Å². The van der Waals surface area contributed by atoms with E-state index in [1.807, 2.05) is 0 Å². The van der Waals surface area contributed by atoms with Crippen LogP contribution in [0.4, 0.5) is 24.7 Å². The van der Waals surface area contributed by atoms with Crippen LogP contribution in [0.3, 0.4) is 0 Å². The molecule has 0 aliphatic rings. The van der Waals surface area contributed by atoms with Crippen molar-refractivity contribution in [3.8, 4) is 22.6 Å². The van der Waals surface area contributed by atoms with E-state index in [0.29, 0.717) is 33.9 Å². The van der Waals surface area contributed by atoms with Gasteiger partial charge in [0, 0.05) is 24.5 Å². The molecule has 0 fully saturated rings. The fourth-order valence-electron chi connectivity index (χ4n) is 3.72. The van der Waals surface area contributed by atoms with Crippen molar-refractivity contribution < 1.29 is 37.0 Å². The van der Waals surface area contributed by atoms with E-state index in [1.54, 1.807) is 42.6 Å². The van der Waals surface area contributed by atoms with Gasteiger partial charge in [0.1, 0.15) is 17.3 Å². The van der Waals surface area contributed by atoms with Gasteiger partial charge >= 0.3 is 12.3 Å². The molecule has 206 valence electrons. The Balaban J connectivity index is 1.46. The summed E-state index contributed by atoms with van der Waals surface area (Å²) in [5.74, 6) is -0.540. The lowest BCUT2D eigenvalue weighted by molar-refractivity contribution is -0.274. The Bertz CT molecular complexity index is 1510. The summed E-state index contributed by atoms with van der Waals surface area (Å²) in [5.41, 5.74) is 2.69. The van der Waals surface area contributed by atoms with Crippen LogP contribution in [0.2, 0.25) is 0 Å². The number of halogens is 3. The molecule has 2 aromatic heterocycles. The van der Waals surface area contributed by atoms with E-state index in [-0.39, 0.29) is 23.4 Å². The molecule has 40 heavy (non-hydrogen) atoms. The third-order valence-corrected chi connectivity index (χ3v) is 5.56. The van der Waals surface area contributed by atoms with Gasteiger partial charge in [-0.25, -0.2) is 9.78 Å². The van der Waals surface area contributed by atoms with Gasteiger partial charge in [0.25, 0.3) is 5.91 Å². The minimum atomic E-state index is -4.77. The molecule has 0 aliphatic heterocycles. The summed E-state index contributed by atoms with van der Waals surface area (Å²) < 4.78 is 51.4. The number of aromatic nitrogens is 2. The number of carbonyl (C=O) groups is 2. The average molecular weight is 553 g/mol. The van der Waals surface area contributed by atoms with Crippen LogP contribution in [0.1, 0.15) is 26.3 Å². The van der Waals surface area contributed by atoms with Crippen molar-refractivity contribution >= 4 is 23.4 Å². The van der Waals surface area contributed by atoms with E-state index in [4.69, 9.17) is 4.74 Å². The van der Waals surface area contributed by atoms with Gasteiger partial charge in [0.2, 0.25) is 0 Å². The highest BCUT2D eigenvalue weighted by atomic mass is 19.4. The van der Waals surface area contributed by atoms with Crippen LogP contribution in [0, 0.1) is 0 Å². The topological polar surface area (TPSA) is 112 Å². The summed E-state index contributed by atoms with van der Waals surface area (Å²) in [6, 6.07) is 15.6. The van der Waals surface area contributed by atoms with Crippen molar-refractivity contribution in [2.75, 3.05) is 24.9 Å². The second-order valence-electron chi connectivity index (χ2n) is 8.30. The summed E-state index contributed by atoms with van der Waals surface area (Å²) in [7, 11) is 2.69. The van der Waals surface area contributed by atoms with E-state index in [9.17, 15) is 22.8 Å². The molecule has 0 saturated carbocycles. The van der Waals surface area contributed by atoms with Crippen LogP contribution >= 0.6 is 0 Å². The predicted molar refractivity (Wildman–Crippen MR) is 140 cm³/mol. The smallest absolute Gasteiger partial charge is 0.496 e. The number of benzene rings is 2. The Morgan fingerprint density at radius 1 is 0.925 bits per heavy atom. The Morgan fingerprint density at radius 3 is 2.42 bits per heavy atom. The second-order valence-corrected chi connectivity index (χ2v) is 8.30. The molecule has 0 atom stereocenters. The summed E-state index contributed by atoms with van der Waals surface area (Å²) in [6.07, 6.45) is -0.444. The Labute approximate surface area is 226 Å². The number of ether oxygens (including phenoxy) is 3. The number of amides is 1. The number of anilines is 2. The second kappa shape index (κ2) is 12.2. The number of hydrogen-bond donors (Lipinski definition) is 2. The summed E-state index contributed by atoms with van der Waals surface area (Å²) in [5, 5.41) is 5.75. The van der Waals surface area contributed by atoms with Gasteiger partial charge in [-0.2, -0.15) is 0 Å². The lowest BCUT2D eigenvalue weighted by Gasteiger charge is -2.12.